The lowest BCUT2D eigenvalue weighted by atomic mass is 10.1. The molecule has 2 aromatic rings. The standard InChI is InChI=1S/C20H19N3O5S/c1-14(24)15-7-9-16(10-8-15)21-20-22(11-4-12-29-20)19(25)13-28-18-6-3-2-5-17(18)23(26)27/h2-3,5-10H,4,11-13H2,1H3. The number of aliphatic imine (C=N–C) groups is 1. The predicted molar refractivity (Wildman–Crippen MR) is 111 cm³/mol. The molecule has 1 fully saturated rings. The molecule has 0 bridgehead atoms. The third-order valence-corrected chi connectivity index (χ3v) is 5.26. The summed E-state index contributed by atoms with van der Waals surface area (Å²) in [5.74, 6) is 0.530. The lowest BCUT2D eigenvalue weighted by Gasteiger charge is -2.27. The number of nitrogens with zero attached hydrogens (tertiary/aromatic N) is 3. The van der Waals surface area contributed by atoms with Crippen LogP contribution in [-0.4, -0.2) is 45.6 Å². The smallest absolute Gasteiger partial charge is 0.310 e. The van der Waals surface area contributed by atoms with Gasteiger partial charge in [-0.25, -0.2) is 4.99 Å². The Bertz CT molecular complexity index is 959. The summed E-state index contributed by atoms with van der Waals surface area (Å²) in [4.78, 5) is 40.7. The Morgan fingerprint density at radius 2 is 1.93 bits per heavy atom. The average molecular weight is 413 g/mol. The summed E-state index contributed by atoms with van der Waals surface area (Å²) in [5, 5.41) is 11.6. The zero-order valence-electron chi connectivity index (χ0n) is 15.7. The summed E-state index contributed by atoms with van der Waals surface area (Å²) in [6.45, 7) is 1.67. The van der Waals surface area contributed by atoms with E-state index < -0.39 is 4.92 Å². The van der Waals surface area contributed by atoms with Gasteiger partial charge in [-0.1, -0.05) is 23.9 Å². The zero-order chi connectivity index (χ0) is 20.8. The van der Waals surface area contributed by atoms with Crippen LogP contribution in [0.15, 0.2) is 53.5 Å². The Kier molecular flexibility index (Phi) is 6.61. The molecule has 0 aliphatic carbocycles. The number of hydrogen-bond donors (Lipinski definition) is 0. The average Bonchev–Trinajstić information content (AvgIpc) is 2.73. The number of thioether (sulfide) groups is 1. The lowest BCUT2D eigenvalue weighted by molar-refractivity contribution is -0.385. The molecule has 0 atom stereocenters. The van der Waals surface area contributed by atoms with Crippen molar-refractivity contribution in [3.05, 3.63) is 64.2 Å². The van der Waals surface area contributed by atoms with Gasteiger partial charge in [-0.3, -0.25) is 24.6 Å². The maximum absolute atomic E-state index is 12.7. The Morgan fingerprint density at radius 3 is 2.62 bits per heavy atom. The minimum atomic E-state index is -0.547. The topological polar surface area (TPSA) is 102 Å². The van der Waals surface area contributed by atoms with Crippen LogP contribution in [0.2, 0.25) is 0 Å². The maximum atomic E-state index is 12.7. The van der Waals surface area contributed by atoms with Gasteiger partial charge in [0.1, 0.15) is 0 Å². The number of amides is 1. The van der Waals surface area contributed by atoms with E-state index in [1.165, 1.54) is 41.8 Å². The van der Waals surface area contributed by atoms with Gasteiger partial charge in [-0.2, -0.15) is 0 Å². The molecule has 150 valence electrons. The molecule has 0 N–H and O–H groups in total. The van der Waals surface area contributed by atoms with Gasteiger partial charge in [-0.05, 0) is 43.7 Å². The lowest BCUT2D eigenvalue weighted by Crippen LogP contribution is -2.41. The SMILES string of the molecule is CC(=O)c1ccc(N=C2SCCCN2C(=O)COc2ccccc2[N+](=O)[O-])cc1. The fourth-order valence-corrected chi connectivity index (χ4v) is 3.69. The minimum absolute atomic E-state index is 0.0276. The molecule has 1 aliphatic heterocycles. The number of amidine groups is 1. The summed E-state index contributed by atoms with van der Waals surface area (Å²) in [5.41, 5.74) is 1.04. The monoisotopic (exact) mass is 413 g/mol. The molecule has 8 nitrogen and oxygen atoms in total. The Morgan fingerprint density at radius 1 is 1.21 bits per heavy atom. The number of carbonyl (C=O) groups excluding carboxylic acids is 2. The highest BCUT2D eigenvalue weighted by Crippen LogP contribution is 2.27. The van der Waals surface area contributed by atoms with Crippen LogP contribution in [-0.2, 0) is 4.79 Å². The first-order chi connectivity index (χ1) is 14.0. The Hall–Kier alpha value is -3.20. The molecular weight excluding hydrogens is 394 g/mol. The number of hydrogen-bond acceptors (Lipinski definition) is 7. The number of nitro benzene ring substituents is 1. The molecule has 1 saturated heterocycles. The van der Waals surface area contributed by atoms with Gasteiger partial charge in [0, 0.05) is 23.9 Å². The highest BCUT2D eigenvalue weighted by atomic mass is 32.2. The quantitative estimate of drug-likeness (QED) is 0.405. The Labute approximate surface area is 171 Å². The van der Waals surface area contributed by atoms with E-state index in [4.69, 9.17) is 4.74 Å². The van der Waals surface area contributed by atoms with E-state index in [0.717, 1.165) is 12.2 Å². The number of para-hydroxylation sites is 2. The zero-order valence-corrected chi connectivity index (χ0v) is 16.6. The van der Waals surface area contributed by atoms with E-state index in [1.54, 1.807) is 30.3 Å². The number of Topliss-reactive ketones (excluding diaryl/α,β-unsaturated/α-hetero) is 1. The second-order valence-electron chi connectivity index (χ2n) is 6.26. The molecule has 0 aromatic heterocycles. The summed E-state index contributed by atoms with van der Waals surface area (Å²) in [6, 6.07) is 12.8. The van der Waals surface area contributed by atoms with E-state index in [9.17, 15) is 19.7 Å². The number of ketones is 1. The first-order valence-electron chi connectivity index (χ1n) is 8.95. The second kappa shape index (κ2) is 9.33. The van der Waals surface area contributed by atoms with Gasteiger partial charge >= 0.3 is 5.69 Å². The van der Waals surface area contributed by atoms with Crippen LogP contribution in [0, 0.1) is 10.1 Å². The van der Waals surface area contributed by atoms with Crippen molar-refractivity contribution >= 4 is 40.0 Å². The molecule has 0 unspecified atom stereocenters. The maximum Gasteiger partial charge on any atom is 0.310 e. The molecular formula is C20H19N3O5S. The van der Waals surface area contributed by atoms with Crippen LogP contribution in [0.5, 0.6) is 5.75 Å². The second-order valence-corrected chi connectivity index (χ2v) is 7.32. The fourth-order valence-electron chi connectivity index (χ4n) is 2.71. The molecule has 1 aliphatic rings. The summed E-state index contributed by atoms with van der Waals surface area (Å²) in [6.07, 6.45) is 0.810. The van der Waals surface area contributed by atoms with E-state index in [2.05, 4.69) is 4.99 Å². The minimum Gasteiger partial charge on any atom is -0.477 e. The van der Waals surface area contributed by atoms with Crippen LogP contribution in [0.25, 0.3) is 0 Å². The van der Waals surface area contributed by atoms with Crippen molar-refractivity contribution in [1.82, 2.24) is 4.90 Å². The molecule has 0 radical (unpaired) electrons. The van der Waals surface area contributed by atoms with Gasteiger partial charge in [-0.15, -0.1) is 0 Å². The first-order valence-corrected chi connectivity index (χ1v) is 9.93. The molecule has 2 aromatic carbocycles. The third kappa shape index (κ3) is 5.20. The summed E-state index contributed by atoms with van der Waals surface area (Å²) < 4.78 is 5.42. The first kappa shape index (κ1) is 20.5. The van der Waals surface area contributed by atoms with Crippen LogP contribution in [0.3, 0.4) is 0 Å². The number of carbonyl (C=O) groups is 2. The fraction of sp³-hybridized carbons (Fsp3) is 0.250. The Balaban J connectivity index is 1.73. The molecule has 3 rings (SSSR count). The predicted octanol–water partition coefficient (Wildman–Crippen LogP) is 3.83. The highest BCUT2D eigenvalue weighted by molar-refractivity contribution is 8.13. The number of nitro groups is 1. The van der Waals surface area contributed by atoms with Crippen molar-refractivity contribution in [3.8, 4) is 5.75 Å². The third-order valence-electron chi connectivity index (χ3n) is 4.20. The van der Waals surface area contributed by atoms with Gasteiger partial charge in [0.05, 0.1) is 10.6 Å². The van der Waals surface area contributed by atoms with Crippen molar-refractivity contribution < 1.29 is 19.2 Å². The largest absolute Gasteiger partial charge is 0.477 e. The number of rotatable bonds is 6. The van der Waals surface area contributed by atoms with E-state index in [0.29, 0.717) is 23.0 Å². The molecule has 0 saturated carbocycles. The number of benzene rings is 2. The van der Waals surface area contributed by atoms with Crippen LogP contribution in [0.4, 0.5) is 11.4 Å². The molecule has 0 spiro atoms. The van der Waals surface area contributed by atoms with Crippen LogP contribution < -0.4 is 4.74 Å². The molecule has 1 heterocycles. The van der Waals surface area contributed by atoms with Crippen molar-refractivity contribution in [1.29, 1.82) is 0 Å². The summed E-state index contributed by atoms with van der Waals surface area (Å²) >= 11 is 1.46. The van der Waals surface area contributed by atoms with Crippen molar-refractivity contribution in [2.45, 2.75) is 13.3 Å². The van der Waals surface area contributed by atoms with Gasteiger partial charge in [0.25, 0.3) is 5.91 Å². The van der Waals surface area contributed by atoms with Crippen LogP contribution in [0.1, 0.15) is 23.7 Å². The van der Waals surface area contributed by atoms with Gasteiger partial charge < -0.3 is 4.74 Å². The normalized spacial score (nSPS) is 15.2. The van der Waals surface area contributed by atoms with Crippen LogP contribution >= 0.6 is 11.8 Å². The number of ether oxygens (including phenoxy) is 1. The van der Waals surface area contributed by atoms with Crippen molar-refractivity contribution in [2.75, 3.05) is 18.9 Å². The molecule has 1 amide bonds. The van der Waals surface area contributed by atoms with E-state index in [-0.39, 0.29) is 29.7 Å². The molecule has 29 heavy (non-hydrogen) atoms. The molecule has 9 heteroatoms. The summed E-state index contributed by atoms with van der Waals surface area (Å²) in [7, 11) is 0. The van der Waals surface area contributed by atoms with E-state index >= 15 is 0 Å². The van der Waals surface area contributed by atoms with E-state index in [1.807, 2.05) is 0 Å². The van der Waals surface area contributed by atoms with Crippen molar-refractivity contribution in [2.24, 2.45) is 4.99 Å². The van der Waals surface area contributed by atoms with Gasteiger partial charge in [0.2, 0.25) is 0 Å². The highest BCUT2D eigenvalue weighted by Gasteiger charge is 2.25. The van der Waals surface area contributed by atoms with Gasteiger partial charge in [0.15, 0.2) is 23.3 Å². The van der Waals surface area contributed by atoms with Crippen molar-refractivity contribution in [3.63, 3.8) is 0 Å².